The van der Waals surface area contributed by atoms with E-state index in [2.05, 4.69) is 19.2 Å². The van der Waals surface area contributed by atoms with Crippen LogP contribution in [0.4, 0.5) is 0 Å². The minimum Gasteiger partial charge on any atom is -0.484 e. The van der Waals surface area contributed by atoms with Gasteiger partial charge in [0.25, 0.3) is 5.91 Å². The largest absolute Gasteiger partial charge is 0.484 e. The molecule has 2 N–H and O–H groups in total. The van der Waals surface area contributed by atoms with Crippen molar-refractivity contribution < 1.29 is 19.4 Å². The summed E-state index contributed by atoms with van der Waals surface area (Å²) in [5, 5.41) is 11.8. The maximum atomic E-state index is 11.8. The quantitative estimate of drug-likeness (QED) is 0.847. The van der Waals surface area contributed by atoms with Gasteiger partial charge >= 0.3 is 5.97 Å². The van der Waals surface area contributed by atoms with Gasteiger partial charge in [-0.1, -0.05) is 26.0 Å². The molecule has 0 aromatic heterocycles. The molecule has 0 radical (unpaired) electrons. The monoisotopic (exact) mass is 305 g/mol. The fourth-order valence-electron chi connectivity index (χ4n) is 2.70. The van der Waals surface area contributed by atoms with Gasteiger partial charge in [0.2, 0.25) is 0 Å². The van der Waals surface area contributed by atoms with E-state index < -0.39 is 5.97 Å². The Balaban J connectivity index is 1.75. The topological polar surface area (TPSA) is 75.6 Å². The lowest BCUT2D eigenvalue weighted by molar-refractivity contribution is -0.141. The van der Waals surface area contributed by atoms with E-state index in [4.69, 9.17) is 9.84 Å². The van der Waals surface area contributed by atoms with E-state index >= 15 is 0 Å². The van der Waals surface area contributed by atoms with E-state index in [9.17, 15) is 9.59 Å². The van der Waals surface area contributed by atoms with Crippen molar-refractivity contribution in [2.45, 2.75) is 45.1 Å². The molecule has 1 aliphatic rings. The summed E-state index contributed by atoms with van der Waals surface area (Å²) in [4.78, 5) is 22.7. The average Bonchev–Trinajstić information content (AvgIpc) is 2.94. The average molecular weight is 305 g/mol. The Morgan fingerprint density at radius 2 is 1.95 bits per heavy atom. The summed E-state index contributed by atoms with van der Waals surface area (Å²) in [7, 11) is 0. The summed E-state index contributed by atoms with van der Waals surface area (Å²) in [6.45, 7) is 4.19. The molecule has 0 saturated heterocycles. The van der Waals surface area contributed by atoms with E-state index in [-0.39, 0.29) is 24.5 Å². The molecule has 1 aromatic carbocycles. The molecule has 1 saturated carbocycles. The van der Waals surface area contributed by atoms with Crippen LogP contribution in [0.2, 0.25) is 0 Å². The number of hydrogen-bond donors (Lipinski definition) is 2. The Morgan fingerprint density at radius 3 is 2.50 bits per heavy atom. The molecule has 5 heteroatoms. The Bertz CT molecular complexity index is 524. The zero-order chi connectivity index (χ0) is 16.1. The first-order valence-electron chi connectivity index (χ1n) is 7.70. The molecule has 0 spiro atoms. The van der Waals surface area contributed by atoms with Crippen LogP contribution in [0.3, 0.4) is 0 Å². The summed E-state index contributed by atoms with van der Waals surface area (Å²) in [6.07, 6.45) is 1.84. The number of carbonyl (C=O) groups is 2. The van der Waals surface area contributed by atoms with Crippen molar-refractivity contribution in [3.05, 3.63) is 29.8 Å². The number of carbonyl (C=O) groups excluding carboxylic acids is 1. The lowest BCUT2D eigenvalue weighted by atomic mass is 10.0. The van der Waals surface area contributed by atoms with Crippen molar-refractivity contribution in [2.24, 2.45) is 5.92 Å². The Morgan fingerprint density at radius 1 is 1.27 bits per heavy atom. The summed E-state index contributed by atoms with van der Waals surface area (Å²) in [5.74, 6) is -0.201. The highest BCUT2D eigenvalue weighted by Gasteiger charge is 2.30. The number of benzene rings is 1. The Labute approximate surface area is 130 Å². The van der Waals surface area contributed by atoms with E-state index in [0.29, 0.717) is 30.9 Å². The molecular weight excluding hydrogens is 282 g/mol. The second-order valence-corrected chi connectivity index (χ2v) is 6.13. The molecule has 2 atom stereocenters. The zero-order valence-electron chi connectivity index (χ0n) is 13.0. The summed E-state index contributed by atoms with van der Waals surface area (Å²) in [6, 6.07) is 7.65. The number of nitrogens with one attached hydrogen (secondary N) is 1. The van der Waals surface area contributed by atoms with Crippen molar-refractivity contribution in [1.29, 1.82) is 0 Å². The van der Waals surface area contributed by atoms with Crippen molar-refractivity contribution in [3.63, 3.8) is 0 Å². The maximum Gasteiger partial charge on any atom is 0.306 e. The predicted octanol–water partition coefficient (Wildman–Crippen LogP) is 2.56. The predicted molar refractivity (Wildman–Crippen MR) is 82.9 cm³/mol. The normalized spacial score (nSPS) is 20.9. The van der Waals surface area contributed by atoms with Crippen LogP contribution >= 0.6 is 0 Å². The molecule has 120 valence electrons. The van der Waals surface area contributed by atoms with Gasteiger partial charge in [0.05, 0.1) is 5.92 Å². The van der Waals surface area contributed by atoms with Crippen molar-refractivity contribution in [3.8, 4) is 5.75 Å². The zero-order valence-corrected chi connectivity index (χ0v) is 13.0. The van der Waals surface area contributed by atoms with Crippen molar-refractivity contribution >= 4 is 11.9 Å². The van der Waals surface area contributed by atoms with Crippen molar-refractivity contribution in [1.82, 2.24) is 5.32 Å². The fraction of sp³-hybridized carbons (Fsp3) is 0.529. The molecule has 1 aromatic rings. The van der Waals surface area contributed by atoms with E-state index in [0.717, 1.165) is 0 Å². The number of ether oxygens (including phenoxy) is 1. The molecule has 1 aliphatic carbocycles. The Hall–Kier alpha value is -2.04. The first-order chi connectivity index (χ1) is 10.5. The third-order valence-electron chi connectivity index (χ3n) is 4.06. The number of rotatable bonds is 6. The number of amides is 1. The minimum atomic E-state index is -0.779. The van der Waals surface area contributed by atoms with Gasteiger partial charge in [-0.2, -0.15) is 0 Å². The number of carboxylic acids is 1. The first kappa shape index (κ1) is 16.3. The lowest BCUT2D eigenvalue weighted by Gasteiger charge is -2.13. The van der Waals surface area contributed by atoms with Crippen LogP contribution in [0.25, 0.3) is 0 Å². The van der Waals surface area contributed by atoms with Crippen LogP contribution in [-0.4, -0.2) is 29.6 Å². The number of aliphatic carboxylic acids is 1. The summed E-state index contributed by atoms with van der Waals surface area (Å²) < 4.78 is 5.46. The van der Waals surface area contributed by atoms with Gasteiger partial charge in [-0.25, -0.2) is 0 Å². The molecule has 2 rings (SSSR count). The van der Waals surface area contributed by atoms with E-state index in [1.165, 1.54) is 5.56 Å². The standard InChI is InChI=1S/C17H23NO4/c1-11(2)12-4-7-15(8-5-12)22-10-16(19)18-14-6-3-13(9-14)17(20)21/h4-5,7-8,11,13-14H,3,6,9-10H2,1-2H3,(H,18,19)(H,20,21)/t13-,14+/m0/s1. The van der Waals surface area contributed by atoms with Crippen LogP contribution in [0.5, 0.6) is 5.75 Å². The SMILES string of the molecule is CC(C)c1ccc(OCC(=O)N[C@@H]2CC[C@H](C(=O)O)C2)cc1. The summed E-state index contributed by atoms with van der Waals surface area (Å²) in [5.41, 5.74) is 1.22. The number of hydrogen-bond acceptors (Lipinski definition) is 3. The van der Waals surface area contributed by atoms with Gasteiger partial charge in [0, 0.05) is 6.04 Å². The lowest BCUT2D eigenvalue weighted by Crippen LogP contribution is -2.36. The van der Waals surface area contributed by atoms with Gasteiger partial charge in [0.15, 0.2) is 6.61 Å². The molecule has 0 bridgehead atoms. The van der Waals surface area contributed by atoms with Gasteiger partial charge in [-0.05, 0) is 42.9 Å². The van der Waals surface area contributed by atoms with Crippen LogP contribution in [0, 0.1) is 5.92 Å². The third-order valence-corrected chi connectivity index (χ3v) is 4.06. The molecule has 0 unspecified atom stereocenters. The van der Waals surface area contributed by atoms with E-state index in [1.54, 1.807) is 0 Å². The van der Waals surface area contributed by atoms with Crippen LogP contribution in [0.1, 0.15) is 44.6 Å². The summed E-state index contributed by atoms with van der Waals surface area (Å²) >= 11 is 0. The highest BCUT2D eigenvalue weighted by atomic mass is 16.5. The maximum absolute atomic E-state index is 11.8. The van der Waals surface area contributed by atoms with Gasteiger partial charge in [-0.15, -0.1) is 0 Å². The number of carboxylic acid groups (broad SMARTS) is 1. The molecule has 1 amide bonds. The highest BCUT2D eigenvalue weighted by molar-refractivity contribution is 5.78. The minimum absolute atomic E-state index is 0.0464. The molecule has 0 heterocycles. The second kappa shape index (κ2) is 7.29. The Kier molecular flexibility index (Phi) is 5.41. The first-order valence-corrected chi connectivity index (χ1v) is 7.70. The van der Waals surface area contributed by atoms with Gasteiger partial charge in [0.1, 0.15) is 5.75 Å². The van der Waals surface area contributed by atoms with Crippen LogP contribution in [-0.2, 0) is 9.59 Å². The van der Waals surface area contributed by atoms with Gasteiger partial charge in [-0.3, -0.25) is 9.59 Å². The molecule has 5 nitrogen and oxygen atoms in total. The molecule has 0 aliphatic heterocycles. The second-order valence-electron chi connectivity index (χ2n) is 6.13. The van der Waals surface area contributed by atoms with Crippen LogP contribution in [0.15, 0.2) is 24.3 Å². The molecular formula is C17H23NO4. The highest BCUT2D eigenvalue weighted by Crippen LogP contribution is 2.25. The molecule has 1 fully saturated rings. The third kappa shape index (κ3) is 4.48. The van der Waals surface area contributed by atoms with Gasteiger partial charge < -0.3 is 15.2 Å². The molecule has 22 heavy (non-hydrogen) atoms. The fourth-order valence-corrected chi connectivity index (χ4v) is 2.70. The van der Waals surface area contributed by atoms with E-state index in [1.807, 2.05) is 24.3 Å². The van der Waals surface area contributed by atoms with Crippen LogP contribution < -0.4 is 10.1 Å². The van der Waals surface area contributed by atoms with Crippen molar-refractivity contribution in [2.75, 3.05) is 6.61 Å². The smallest absolute Gasteiger partial charge is 0.306 e.